The molecule has 0 aliphatic rings. The summed E-state index contributed by atoms with van der Waals surface area (Å²) < 4.78 is 0. The topological polar surface area (TPSA) is 0 Å². The fourth-order valence-electron chi connectivity index (χ4n) is 0. The van der Waals surface area contributed by atoms with Crippen LogP contribution in [0.2, 0.25) is 0 Å². The molecular weight excluding hydrogens is 225 g/mol. The van der Waals surface area contributed by atoms with Crippen LogP contribution in [-0.2, 0) is 15.9 Å². The Kier molecular flexibility index (Phi) is 24.9. The summed E-state index contributed by atoms with van der Waals surface area (Å²) in [6.07, 6.45) is 2.64. The molecule has 0 aliphatic heterocycles. The van der Waals surface area contributed by atoms with Crippen molar-refractivity contribution in [2.75, 3.05) is 0 Å². The van der Waals surface area contributed by atoms with Gasteiger partial charge in [0.2, 0.25) is 0 Å². The first-order valence-electron chi connectivity index (χ1n) is 2.15. The van der Waals surface area contributed by atoms with E-state index in [1.165, 1.54) is 12.8 Å². The Morgan fingerprint density at radius 2 is 1.29 bits per heavy atom. The first-order valence-corrected chi connectivity index (χ1v) is 6.16. The zero-order valence-corrected chi connectivity index (χ0v) is 7.55. The van der Waals surface area contributed by atoms with Crippen LogP contribution < -0.4 is 0 Å². The van der Waals surface area contributed by atoms with Gasteiger partial charge in [-0.25, -0.2) is 0 Å². The maximum atomic E-state index is 4.81. The Labute approximate surface area is 61.7 Å². The van der Waals surface area contributed by atoms with Crippen LogP contribution in [-0.4, -0.2) is 0 Å². The van der Waals surface area contributed by atoms with Crippen LogP contribution in [0.25, 0.3) is 0 Å². The Morgan fingerprint density at radius 1 is 1.14 bits per heavy atom. The van der Waals surface area contributed by atoms with Crippen molar-refractivity contribution in [3.63, 3.8) is 0 Å². The third kappa shape index (κ3) is 39.6. The van der Waals surface area contributed by atoms with Crippen LogP contribution in [0.3, 0.4) is 0 Å². The average Bonchev–Trinajstić information content (AvgIpc) is 1.69. The quantitative estimate of drug-likeness (QED) is 0.612. The van der Waals surface area contributed by atoms with E-state index in [4.69, 9.17) is 19.1 Å². The standard InChI is InChI=1S/C4H10.2ClH.Pd/c1-3-4-2;;;/h3-4H2,1-2H3;2*1H;/q;;;+2/p-2. The summed E-state index contributed by atoms with van der Waals surface area (Å²) in [7, 11) is 9.63. The van der Waals surface area contributed by atoms with Crippen molar-refractivity contribution >= 4 is 19.1 Å². The second kappa shape index (κ2) is 15.7. The molecule has 7 heavy (non-hydrogen) atoms. The Balaban J connectivity index is 0. The van der Waals surface area contributed by atoms with E-state index in [0.29, 0.717) is 0 Å². The van der Waals surface area contributed by atoms with Gasteiger partial charge in [-0.15, -0.1) is 0 Å². The Hall–Kier alpha value is 1.24. The summed E-state index contributed by atoms with van der Waals surface area (Å²) in [5.74, 6) is 0. The van der Waals surface area contributed by atoms with Crippen LogP contribution >= 0.6 is 19.1 Å². The van der Waals surface area contributed by atoms with Gasteiger partial charge in [-0.3, -0.25) is 0 Å². The van der Waals surface area contributed by atoms with Gasteiger partial charge in [0.05, 0.1) is 0 Å². The molecule has 0 rings (SSSR count). The minimum atomic E-state index is -0.106. The third-order valence-electron chi connectivity index (χ3n) is 0.500. The van der Waals surface area contributed by atoms with E-state index in [1.54, 1.807) is 0 Å². The van der Waals surface area contributed by atoms with Gasteiger partial charge >= 0.3 is 35.0 Å². The number of unbranched alkanes of at least 4 members (excludes halogenated alkanes) is 1. The number of rotatable bonds is 1. The fraction of sp³-hybridized carbons (Fsp3) is 1.00. The van der Waals surface area contributed by atoms with Crippen molar-refractivity contribution in [2.45, 2.75) is 26.7 Å². The zero-order valence-electron chi connectivity index (χ0n) is 4.49. The molecule has 0 aromatic carbocycles. The molecule has 0 heterocycles. The molecule has 0 atom stereocenters. The molecule has 0 saturated heterocycles. The normalized spacial score (nSPS) is 7.43. The van der Waals surface area contributed by atoms with Gasteiger partial charge < -0.3 is 0 Å². The molecule has 50 valence electrons. The average molecular weight is 235 g/mol. The van der Waals surface area contributed by atoms with Crippen LogP contribution in [0.4, 0.5) is 0 Å². The van der Waals surface area contributed by atoms with Crippen molar-refractivity contribution in [3.8, 4) is 0 Å². The van der Waals surface area contributed by atoms with Gasteiger partial charge in [0, 0.05) is 0 Å². The minimum absolute atomic E-state index is 0.106. The predicted molar refractivity (Wildman–Crippen MR) is 32.3 cm³/mol. The Morgan fingerprint density at radius 3 is 1.29 bits per heavy atom. The van der Waals surface area contributed by atoms with Gasteiger partial charge in [-0.2, -0.15) is 0 Å². The number of halogens is 2. The third-order valence-corrected chi connectivity index (χ3v) is 0.500. The molecule has 0 fully saturated rings. The summed E-state index contributed by atoms with van der Waals surface area (Å²) in [5, 5.41) is 0. The van der Waals surface area contributed by atoms with E-state index in [2.05, 4.69) is 13.8 Å². The van der Waals surface area contributed by atoms with E-state index in [1.807, 2.05) is 0 Å². The predicted octanol–water partition coefficient (Wildman–Crippen LogP) is 3.18. The molecule has 0 spiro atoms. The summed E-state index contributed by atoms with van der Waals surface area (Å²) in [6, 6.07) is 0. The monoisotopic (exact) mass is 234 g/mol. The number of hydrogen-bond donors (Lipinski definition) is 0. The fourth-order valence-corrected chi connectivity index (χ4v) is 0. The van der Waals surface area contributed by atoms with Crippen molar-refractivity contribution in [3.05, 3.63) is 0 Å². The number of hydrogen-bond acceptors (Lipinski definition) is 0. The van der Waals surface area contributed by atoms with Crippen molar-refractivity contribution < 1.29 is 15.9 Å². The molecule has 0 radical (unpaired) electrons. The van der Waals surface area contributed by atoms with E-state index in [-0.39, 0.29) is 15.9 Å². The molecule has 0 aliphatic carbocycles. The molecule has 0 amide bonds. The summed E-state index contributed by atoms with van der Waals surface area (Å²) >= 11 is -0.106. The molecule has 0 nitrogen and oxygen atoms in total. The first-order chi connectivity index (χ1) is 3.33. The van der Waals surface area contributed by atoms with Gasteiger partial charge in [0.25, 0.3) is 0 Å². The maximum absolute atomic E-state index is 4.81. The summed E-state index contributed by atoms with van der Waals surface area (Å²) in [4.78, 5) is 0. The SMILES string of the molecule is CCCC.[Cl][Pd][Cl]. The second-order valence-corrected chi connectivity index (χ2v) is 3.41. The summed E-state index contributed by atoms with van der Waals surface area (Å²) in [6.45, 7) is 4.36. The van der Waals surface area contributed by atoms with Crippen molar-refractivity contribution in [1.29, 1.82) is 0 Å². The van der Waals surface area contributed by atoms with Gasteiger partial charge in [0.15, 0.2) is 0 Å². The van der Waals surface area contributed by atoms with Gasteiger partial charge in [0.1, 0.15) is 0 Å². The second-order valence-electron chi connectivity index (χ2n) is 1.05. The van der Waals surface area contributed by atoms with E-state index in [9.17, 15) is 0 Å². The molecule has 0 aromatic heterocycles. The molecule has 0 aromatic rings. The molecule has 3 heteroatoms. The van der Waals surface area contributed by atoms with Crippen LogP contribution in [0.15, 0.2) is 0 Å². The van der Waals surface area contributed by atoms with Crippen LogP contribution in [0.1, 0.15) is 26.7 Å². The molecule has 0 bridgehead atoms. The van der Waals surface area contributed by atoms with E-state index >= 15 is 0 Å². The van der Waals surface area contributed by atoms with Crippen LogP contribution in [0, 0.1) is 0 Å². The molecule has 0 unspecified atom stereocenters. The zero-order chi connectivity index (χ0) is 6.12. The van der Waals surface area contributed by atoms with Crippen LogP contribution in [0.5, 0.6) is 0 Å². The summed E-state index contributed by atoms with van der Waals surface area (Å²) in [5.41, 5.74) is 0. The molecular formula is C4H10Cl2Pd. The van der Waals surface area contributed by atoms with Gasteiger partial charge in [-0.1, -0.05) is 26.7 Å². The van der Waals surface area contributed by atoms with Crippen molar-refractivity contribution in [1.82, 2.24) is 0 Å². The Bertz CT molecular complexity index is 17.2. The molecule has 0 N–H and O–H groups in total. The molecule has 0 saturated carbocycles. The first kappa shape index (κ1) is 11.1. The van der Waals surface area contributed by atoms with Crippen molar-refractivity contribution in [2.24, 2.45) is 0 Å². The van der Waals surface area contributed by atoms with E-state index in [0.717, 1.165) is 0 Å². The van der Waals surface area contributed by atoms with E-state index < -0.39 is 0 Å². The van der Waals surface area contributed by atoms with Gasteiger partial charge in [-0.05, 0) is 0 Å².